The zero-order chi connectivity index (χ0) is 6.53. The van der Waals surface area contributed by atoms with Crippen molar-refractivity contribution in [3.8, 4) is 11.8 Å². The summed E-state index contributed by atoms with van der Waals surface area (Å²) < 4.78 is 10.2. The number of ether oxygens (including phenoxy) is 2. The first kappa shape index (κ1) is 6.60. The molecular weight excluding hydrogens is 116 g/mol. The third-order valence-electron chi connectivity index (χ3n) is 1.09. The van der Waals surface area contributed by atoms with Crippen LogP contribution in [0.1, 0.15) is 13.3 Å². The molecule has 2 nitrogen and oxygen atoms in total. The summed E-state index contributed by atoms with van der Waals surface area (Å²) in [5.41, 5.74) is 0. The molecule has 0 saturated carbocycles. The van der Waals surface area contributed by atoms with E-state index in [0.717, 1.165) is 19.6 Å². The summed E-state index contributed by atoms with van der Waals surface area (Å²) in [7, 11) is 0. The number of hydrogen-bond donors (Lipinski definition) is 0. The second-order valence-electron chi connectivity index (χ2n) is 1.82. The maximum absolute atomic E-state index is 5.12. The van der Waals surface area contributed by atoms with Crippen molar-refractivity contribution in [1.29, 1.82) is 0 Å². The Balaban J connectivity index is 2.28. The Labute approximate surface area is 55.1 Å². The predicted octanol–water partition coefficient (Wildman–Crippen LogP) is 0.773. The lowest BCUT2D eigenvalue weighted by Crippen LogP contribution is -2.22. The third-order valence-corrected chi connectivity index (χ3v) is 1.09. The SMILES string of the molecule is CC#CC1OCCCO1. The van der Waals surface area contributed by atoms with Gasteiger partial charge in [-0.25, -0.2) is 0 Å². The Morgan fingerprint density at radius 2 is 2.00 bits per heavy atom. The summed E-state index contributed by atoms with van der Waals surface area (Å²) in [6.45, 7) is 3.33. The quantitative estimate of drug-likeness (QED) is 0.446. The van der Waals surface area contributed by atoms with Crippen molar-refractivity contribution >= 4 is 0 Å². The highest BCUT2D eigenvalue weighted by Crippen LogP contribution is 2.02. The largest absolute Gasteiger partial charge is 0.342 e. The minimum Gasteiger partial charge on any atom is -0.342 e. The van der Waals surface area contributed by atoms with Crippen molar-refractivity contribution in [2.45, 2.75) is 19.6 Å². The topological polar surface area (TPSA) is 18.5 Å². The Hall–Kier alpha value is -0.520. The van der Waals surface area contributed by atoms with Crippen LogP contribution in [0.5, 0.6) is 0 Å². The highest BCUT2D eigenvalue weighted by molar-refractivity contribution is 4.99. The highest BCUT2D eigenvalue weighted by atomic mass is 16.7. The van der Waals surface area contributed by atoms with Gasteiger partial charge in [0.2, 0.25) is 6.29 Å². The second kappa shape index (κ2) is 3.49. The molecule has 0 bridgehead atoms. The maximum Gasteiger partial charge on any atom is 0.222 e. The first-order valence-electron chi connectivity index (χ1n) is 3.09. The Morgan fingerprint density at radius 3 is 2.56 bits per heavy atom. The summed E-state index contributed by atoms with van der Waals surface area (Å²) >= 11 is 0. The number of rotatable bonds is 0. The standard InChI is InChI=1S/C7H10O2/c1-2-4-7-8-5-3-6-9-7/h7H,3,5-6H2,1H3. The van der Waals surface area contributed by atoms with Gasteiger partial charge in [0.05, 0.1) is 13.2 Å². The molecule has 0 spiro atoms. The van der Waals surface area contributed by atoms with E-state index in [0.29, 0.717) is 0 Å². The Bertz CT molecular complexity index is 126. The maximum atomic E-state index is 5.12. The van der Waals surface area contributed by atoms with Crippen LogP contribution in [0, 0.1) is 11.8 Å². The Kier molecular flexibility index (Phi) is 2.56. The van der Waals surface area contributed by atoms with Crippen LogP contribution >= 0.6 is 0 Å². The van der Waals surface area contributed by atoms with Gasteiger partial charge in [-0.1, -0.05) is 0 Å². The van der Waals surface area contributed by atoms with Crippen LogP contribution in [-0.2, 0) is 9.47 Å². The summed E-state index contributed by atoms with van der Waals surface area (Å²) in [6, 6.07) is 0. The molecule has 1 aliphatic rings. The van der Waals surface area contributed by atoms with Crippen LogP contribution in [0.3, 0.4) is 0 Å². The molecule has 1 rings (SSSR count). The van der Waals surface area contributed by atoms with Gasteiger partial charge in [0, 0.05) is 0 Å². The van der Waals surface area contributed by atoms with E-state index in [2.05, 4.69) is 11.8 Å². The fourth-order valence-corrected chi connectivity index (χ4v) is 0.689. The van der Waals surface area contributed by atoms with E-state index < -0.39 is 0 Å². The lowest BCUT2D eigenvalue weighted by Gasteiger charge is -2.17. The van der Waals surface area contributed by atoms with E-state index in [-0.39, 0.29) is 6.29 Å². The van der Waals surface area contributed by atoms with Crippen LogP contribution in [0.2, 0.25) is 0 Å². The molecule has 50 valence electrons. The molecular formula is C7H10O2. The normalized spacial score (nSPS) is 20.6. The molecule has 1 fully saturated rings. The van der Waals surface area contributed by atoms with Gasteiger partial charge in [0.1, 0.15) is 0 Å². The molecule has 0 atom stereocenters. The first-order valence-corrected chi connectivity index (χ1v) is 3.09. The van der Waals surface area contributed by atoms with Crippen LogP contribution in [0.25, 0.3) is 0 Å². The molecule has 2 heteroatoms. The van der Waals surface area contributed by atoms with E-state index in [9.17, 15) is 0 Å². The van der Waals surface area contributed by atoms with Crippen molar-refractivity contribution in [1.82, 2.24) is 0 Å². The van der Waals surface area contributed by atoms with E-state index in [1.165, 1.54) is 0 Å². The van der Waals surface area contributed by atoms with Crippen molar-refractivity contribution in [3.05, 3.63) is 0 Å². The van der Waals surface area contributed by atoms with Crippen molar-refractivity contribution < 1.29 is 9.47 Å². The highest BCUT2D eigenvalue weighted by Gasteiger charge is 2.09. The molecule has 0 aromatic heterocycles. The lowest BCUT2D eigenvalue weighted by molar-refractivity contribution is -0.144. The summed E-state index contributed by atoms with van der Waals surface area (Å²) in [5, 5.41) is 0. The van der Waals surface area contributed by atoms with Gasteiger partial charge < -0.3 is 9.47 Å². The van der Waals surface area contributed by atoms with Crippen LogP contribution < -0.4 is 0 Å². The molecule has 0 radical (unpaired) electrons. The summed E-state index contributed by atoms with van der Waals surface area (Å²) in [5.74, 6) is 5.53. The van der Waals surface area contributed by atoms with Gasteiger partial charge in [-0.05, 0) is 19.3 Å². The molecule has 0 amide bonds. The van der Waals surface area contributed by atoms with E-state index in [4.69, 9.17) is 9.47 Å². The molecule has 0 N–H and O–H groups in total. The molecule has 0 aromatic rings. The molecule has 9 heavy (non-hydrogen) atoms. The van der Waals surface area contributed by atoms with Gasteiger partial charge in [-0.2, -0.15) is 0 Å². The Morgan fingerprint density at radius 1 is 1.33 bits per heavy atom. The van der Waals surface area contributed by atoms with Gasteiger partial charge in [-0.3, -0.25) is 0 Å². The van der Waals surface area contributed by atoms with Crippen molar-refractivity contribution in [3.63, 3.8) is 0 Å². The fourth-order valence-electron chi connectivity index (χ4n) is 0.689. The van der Waals surface area contributed by atoms with Gasteiger partial charge >= 0.3 is 0 Å². The second-order valence-corrected chi connectivity index (χ2v) is 1.82. The molecule has 0 aliphatic carbocycles. The average molecular weight is 126 g/mol. The summed E-state index contributed by atoms with van der Waals surface area (Å²) in [6.07, 6.45) is 0.728. The first-order chi connectivity index (χ1) is 4.43. The molecule has 0 unspecified atom stereocenters. The molecule has 0 aromatic carbocycles. The smallest absolute Gasteiger partial charge is 0.222 e. The molecule has 1 aliphatic heterocycles. The minimum absolute atomic E-state index is 0.260. The minimum atomic E-state index is -0.260. The predicted molar refractivity (Wildman–Crippen MR) is 33.8 cm³/mol. The fraction of sp³-hybridized carbons (Fsp3) is 0.714. The van der Waals surface area contributed by atoms with Crippen LogP contribution in [-0.4, -0.2) is 19.5 Å². The summed E-state index contributed by atoms with van der Waals surface area (Å²) in [4.78, 5) is 0. The van der Waals surface area contributed by atoms with Gasteiger partial charge in [0.25, 0.3) is 0 Å². The third kappa shape index (κ3) is 2.05. The van der Waals surface area contributed by atoms with Crippen LogP contribution in [0.4, 0.5) is 0 Å². The van der Waals surface area contributed by atoms with Crippen molar-refractivity contribution in [2.24, 2.45) is 0 Å². The van der Waals surface area contributed by atoms with Crippen molar-refractivity contribution in [2.75, 3.05) is 13.2 Å². The monoisotopic (exact) mass is 126 g/mol. The number of hydrogen-bond acceptors (Lipinski definition) is 2. The zero-order valence-corrected chi connectivity index (χ0v) is 5.52. The average Bonchev–Trinajstić information content (AvgIpc) is 1.91. The van der Waals surface area contributed by atoms with E-state index >= 15 is 0 Å². The lowest BCUT2D eigenvalue weighted by atomic mass is 10.4. The zero-order valence-electron chi connectivity index (χ0n) is 5.52. The van der Waals surface area contributed by atoms with E-state index in [1.807, 2.05) is 0 Å². The molecule has 1 heterocycles. The van der Waals surface area contributed by atoms with Gasteiger partial charge in [0.15, 0.2) is 0 Å². The van der Waals surface area contributed by atoms with E-state index in [1.54, 1.807) is 6.92 Å². The van der Waals surface area contributed by atoms with Gasteiger partial charge in [-0.15, -0.1) is 5.92 Å². The van der Waals surface area contributed by atoms with Crippen LogP contribution in [0.15, 0.2) is 0 Å². The molecule has 1 saturated heterocycles.